The molecule has 0 amide bonds. The molecule has 0 spiro atoms. The quantitative estimate of drug-likeness (QED) is 0.346. The van der Waals surface area contributed by atoms with Crippen LogP contribution in [-0.4, -0.2) is 24.4 Å². The maximum atomic E-state index is 10.8. The van der Waals surface area contributed by atoms with Gasteiger partial charge in [0.05, 0.1) is 24.7 Å². The molecule has 1 aromatic carbocycles. The molecule has 0 fully saturated rings. The van der Waals surface area contributed by atoms with Crippen molar-refractivity contribution in [3.8, 4) is 5.75 Å². The lowest BCUT2D eigenvalue weighted by atomic mass is 10.2. The second kappa shape index (κ2) is 6.09. The molecule has 7 nitrogen and oxygen atoms in total. The summed E-state index contributed by atoms with van der Waals surface area (Å²) >= 11 is 0. The Bertz CT molecular complexity index is 518. The van der Waals surface area contributed by atoms with Crippen LogP contribution < -0.4 is 4.74 Å². The van der Waals surface area contributed by atoms with Gasteiger partial charge in [0.2, 0.25) is 0 Å². The molecule has 0 heterocycles. The van der Waals surface area contributed by atoms with Crippen LogP contribution in [0.3, 0.4) is 0 Å². The van der Waals surface area contributed by atoms with E-state index in [1.165, 1.54) is 6.07 Å². The molecule has 0 aliphatic heterocycles. The Hall–Kier alpha value is -2.22. The number of rotatable bonds is 6. The largest absolute Gasteiger partial charge is 0.490 e. The summed E-state index contributed by atoms with van der Waals surface area (Å²) in [7, 11) is -0.824. The molecule has 0 saturated heterocycles. The van der Waals surface area contributed by atoms with Crippen molar-refractivity contribution in [2.75, 3.05) is 0 Å². The molecule has 0 aliphatic carbocycles. The molecular weight excluding hydrogens is 268 g/mol. The number of benzene rings is 1. The molecule has 1 unspecified atom stereocenters. The van der Waals surface area contributed by atoms with Crippen molar-refractivity contribution in [2.24, 2.45) is 0 Å². The first-order chi connectivity index (χ1) is 8.86. The van der Waals surface area contributed by atoms with Crippen LogP contribution in [0.1, 0.15) is 0 Å². The molecule has 101 valence electrons. The van der Waals surface area contributed by atoms with Gasteiger partial charge < -0.3 is 4.74 Å². The van der Waals surface area contributed by atoms with Crippen LogP contribution in [0, 0.1) is 20.2 Å². The Morgan fingerprint density at radius 2 is 1.84 bits per heavy atom. The van der Waals surface area contributed by atoms with Crippen LogP contribution in [0.5, 0.6) is 5.75 Å². The van der Waals surface area contributed by atoms with Gasteiger partial charge in [0.1, 0.15) is 11.5 Å². The second-order valence-electron chi connectivity index (χ2n) is 4.02. The van der Waals surface area contributed by atoms with Crippen molar-refractivity contribution in [3.63, 3.8) is 0 Å². The number of nitro benzene ring substituents is 2. The molecule has 0 aromatic heterocycles. The topological polar surface area (TPSA) is 95.5 Å². The summed E-state index contributed by atoms with van der Waals surface area (Å²) in [5, 5.41) is 21.5. The van der Waals surface area contributed by atoms with Crippen LogP contribution in [0.25, 0.3) is 0 Å². The van der Waals surface area contributed by atoms with Crippen molar-refractivity contribution in [1.29, 1.82) is 0 Å². The molecule has 8 heteroatoms. The second-order valence-corrected chi connectivity index (χ2v) is 6.74. The van der Waals surface area contributed by atoms with Gasteiger partial charge in [-0.3, -0.25) is 20.2 Å². The van der Waals surface area contributed by atoms with E-state index in [4.69, 9.17) is 4.74 Å². The highest BCUT2D eigenvalue weighted by molar-refractivity contribution is 6.57. The zero-order valence-electron chi connectivity index (χ0n) is 10.5. The van der Waals surface area contributed by atoms with E-state index in [0.29, 0.717) is 0 Å². The van der Waals surface area contributed by atoms with E-state index in [-0.39, 0.29) is 11.5 Å². The number of nitro groups is 2. The predicted molar refractivity (Wildman–Crippen MR) is 71.8 cm³/mol. The minimum Gasteiger partial charge on any atom is -0.490 e. The van der Waals surface area contributed by atoms with E-state index in [1.54, 1.807) is 6.08 Å². The zero-order chi connectivity index (χ0) is 14.6. The van der Waals surface area contributed by atoms with Gasteiger partial charge in [0, 0.05) is 6.07 Å². The van der Waals surface area contributed by atoms with E-state index in [2.05, 4.69) is 6.58 Å². The van der Waals surface area contributed by atoms with E-state index in [1.807, 2.05) is 13.1 Å². The lowest BCUT2D eigenvalue weighted by Crippen LogP contribution is -2.28. The Balaban J connectivity index is 3.12. The Kier molecular flexibility index (Phi) is 4.76. The highest BCUT2D eigenvalue weighted by Crippen LogP contribution is 2.31. The average Bonchev–Trinajstić information content (AvgIpc) is 2.34. The molecule has 19 heavy (non-hydrogen) atoms. The fourth-order valence-electron chi connectivity index (χ4n) is 1.43. The smallest absolute Gasteiger partial charge is 0.349 e. The van der Waals surface area contributed by atoms with Crippen molar-refractivity contribution in [3.05, 3.63) is 51.1 Å². The van der Waals surface area contributed by atoms with Gasteiger partial charge in [-0.25, -0.2) is 0 Å². The molecule has 0 aliphatic rings. The predicted octanol–water partition coefficient (Wildman–Crippen LogP) is 2.73. The Morgan fingerprint density at radius 3 is 2.26 bits per heavy atom. The minimum atomic E-state index is -0.824. The van der Waals surface area contributed by atoms with E-state index >= 15 is 0 Å². The van der Waals surface area contributed by atoms with Crippen LogP contribution in [-0.2, 0) is 0 Å². The number of ether oxygens (including phenoxy) is 1. The van der Waals surface area contributed by atoms with Gasteiger partial charge in [-0.2, -0.15) is 0 Å². The summed E-state index contributed by atoms with van der Waals surface area (Å²) in [6, 6.07) is 3.50. The van der Waals surface area contributed by atoms with Gasteiger partial charge >= 0.3 is 11.4 Å². The fourth-order valence-corrected chi connectivity index (χ4v) is 2.27. The van der Waals surface area contributed by atoms with Crippen molar-refractivity contribution < 1.29 is 14.6 Å². The molecule has 1 atom stereocenters. The highest BCUT2D eigenvalue weighted by Gasteiger charge is 2.25. The van der Waals surface area contributed by atoms with Crippen LogP contribution >= 0.6 is 0 Å². The summed E-state index contributed by atoms with van der Waals surface area (Å²) in [4.78, 5) is 19.9. The van der Waals surface area contributed by atoms with Gasteiger partial charge in [-0.1, -0.05) is 25.7 Å². The van der Waals surface area contributed by atoms with Crippen LogP contribution in [0.15, 0.2) is 30.9 Å². The monoisotopic (exact) mass is 281 g/mol. The maximum absolute atomic E-state index is 10.8. The van der Waals surface area contributed by atoms with Crippen molar-refractivity contribution >= 4 is 20.2 Å². The minimum absolute atomic E-state index is 0.217. The standard InChI is InChI=1S/C11H13N2O5Si/c1-4-11(19(2)3)18-8-5-6-9(12(14)15)10(7-8)13(16)17/h4-7,11H,1H2,2-3H3. The molecule has 0 bridgehead atoms. The summed E-state index contributed by atoms with van der Waals surface area (Å²) in [5.74, 6) is 0.230. The van der Waals surface area contributed by atoms with Gasteiger partial charge in [0.25, 0.3) is 0 Å². The molecule has 1 radical (unpaired) electrons. The molecule has 0 saturated carbocycles. The summed E-state index contributed by atoms with van der Waals surface area (Å²) in [6.45, 7) is 7.66. The third-order valence-electron chi connectivity index (χ3n) is 2.39. The lowest BCUT2D eigenvalue weighted by molar-refractivity contribution is -0.422. The number of hydrogen-bond acceptors (Lipinski definition) is 5. The average molecular weight is 281 g/mol. The van der Waals surface area contributed by atoms with E-state index < -0.39 is 30.0 Å². The normalized spacial score (nSPS) is 11.9. The summed E-state index contributed by atoms with van der Waals surface area (Å²) in [6.07, 6.45) is 1.63. The molecule has 0 N–H and O–H groups in total. The maximum Gasteiger partial charge on any atom is 0.349 e. The fraction of sp³-hybridized carbons (Fsp3) is 0.273. The Labute approximate surface area is 111 Å². The Morgan fingerprint density at radius 1 is 1.26 bits per heavy atom. The lowest BCUT2D eigenvalue weighted by Gasteiger charge is -2.17. The zero-order valence-corrected chi connectivity index (χ0v) is 11.5. The number of nitrogens with zero attached hydrogens (tertiary/aromatic N) is 2. The first kappa shape index (κ1) is 14.8. The van der Waals surface area contributed by atoms with Crippen LogP contribution in [0.2, 0.25) is 13.1 Å². The highest BCUT2D eigenvalue weighted by atomic mass is 28.3. The van der Waals surface area contributed by atoms with Crippen molar-refractivity contribution in [2.45, 2.75) is 18.8 Å². The molecule has 1 rings (SSSR count). The molecule has 1 aromatic rings. The third-order valence-corrected chi connectivity index (χ3v) is 3.88. The van der Waals surface area contributed by atoms with Gasteiger partial charge in [-0.15, -0.1) is 0 Å². The van der Waals surface area contributed by atoms with Crippen LogP contribution in [0.4, 0.5) is 11.4 Å². The van der Waals surface area contributed by atoms with Gasteiger partial charge in [-0.05, 0) is 6.07 Å². The van der Waals surface area contributed by atoms with E-state index in [0.717, 1.165) is 12.1 Å². The van der Waals surface area contributed by atoms with Gasteiger partial charge in [0.15, 0.2) is 0 Å². The first-order valence-corrected chi connectivity index (χ1v) is 7.96. The van der Waals surface area contributed by atoms with E-state index in [9.17, 15) is 20.2 Å². The molecular formula is C11H13N2O5Si. The summed E-state index contributed by atoms with van der Waals surface area (Å²) < 4.78 is 5.55. The SMILES string of the molecule is C=CC(Oc1ccc([N+](=O)[O-])c([N+](=O)[O-])c1)[Si](C)C. The number of hydrogen-bond donors (Lipinski definition) is 0. The third kappa shape index (κ3) is 3.62. The van der Waals surface area contributed by atoms with Crippen molar-refractivity contribution in [1.82, 2.24) is 0 Å². The first-order valence-electron chi connectivity index (χ1n) is 5.39. The summed E-state index contributed by atoms with van der Waals surface area (Å²) in [5.41, 5.74) is -1.34.